The molecule has 8 heavy (non-hydrogen) atoms. The van der Waals surface area contributed by atoms with Crippen molar-refractivity contribution in [2.45, 2.75) is 7.16 Å². The maximum absolute atomic E-state index is 8.66. The van der Waals surface area contributed by atoms with Crippen molar-refractivity contribution in [1.82, 2.24) is 0 Å². The molecule has 5 heteroatoms. The summed E-state index contributed by atoms with van der Waals surface area (Å²) in [5.41, 5.74) is 0. The minimum absolute atomic E-state index is 0.462. The molecule has 0 bridgehead atoms. The van der Waals surface area contributed by atoms with Crippen LogP contribution in [-0.2, 0) is 0 Å². The van der Waals surface area contributed by atoms with Crippen LogP contribution >= 0.6 is 63.7 Å². The second-order valence-corrected chi connectivity index (χ2v) is 8.96. The zero-order valence-corrected chi connectivity index (χ0v) is 9.96. The summed E-state index contributed by atoms with van der Waals surface area (Å²) in [6.45, 7) is 0. The lowest BCUT2D eigenvalue weighted by atomic mass is 10.5. The smallest absolute Gasteiger partial charge is 0.141 e. The van der Waals surface area contributed by atoms with E-state index in [1.165, 1.54) is 0 Å². The molecule has 0 aliphatic carbocycles. The van der Waals surface area contributed by atoms with E-state index in [2.05, 4.69) is 63.7 Å². The monoisotopic (exact) mass is 371 g/mol. The lowest BCUT2D eigenvalue weighted by molar-refractivity contribution is 0.300. The maximum atomic E-state index is 8.66. The summed E-state index contributed by atoms with van der Waals surface area (Å²) >= 11 is 12.4. The Morgan fingerprint density at radius 2 is 1.75 bits per heavy atom. The van der Waals surface area contributed by atoms with Gasteiger partial charge in [-0.15, -0.1) is 0 Å². The molecule has 0 saturated carbocycles. The Labute approximate surface area is 81.7 Å². The van der Waals surface area contributed by atoms with Gasteiger partial charge in [-0.2, -0.15) is 0 Å². The van der Waals surface area contributed by atoms with E-state index in [9.17, 15) is 0 Å². The van der Waals surface area contributed by atoms with Crippen molar-refractivity contribution in [3.8, 4) is 0 Å². The van der Waals surface area contributed by atoms with Gasteiger partial charge in [0.25, 0.3) is 0 Å². The molecule has 0 aromatic heterocycles. The summed E-state index contributed by atoms with van der Waals surface area (Å²) < 4.78 is -0.462. The molecule has 1 radical (unpaired) electrons. The van der Waals surface area contributed by atoms with Crippen molar-refractivity contribution in [1.29, 1.82) is 0 Å². The number of aliphatic hydroxyl groups excluding tert-OH is 1. The highest BCUT2D eigenvalue weighted by Crippen LogP contribution is 2.37. The van der Waals surface area contributed by atoms with Crippen LogP contribution in [0.15, 0.2) is 0 Å². The van der Waals surface area contributed by atoms with E-state index in [-0.39, 0.29) is 0 Å². The SMILES string of the molecule is OC(Br)[CH]C(Br)(Br)Br. The van der Waals surface area contributed by atoms with Gasteiger partial charge in [-0.05, 0) is 0 Å². The van der Waals surface area contributed by atoms with Crippen LogP contribution in [0.25, 0.3) is 0 Å². The molecule has 0 aromatic carbocycles. The van der Waals surface area contributed by atoms with Crippen LogP contribution in [0.1, 0.15) is 0 Å². The molecule has 0 rings (SSSR count). The van der Waals surface area contributed by atoms with Crippen molar-refractivity contribution in [3.63, 3.8) is 0 Å². The molecule has 0 heterocycles. The molecule has 0 fully saturated rings. The Morgan fingerprint density at radius 1 is 1.38 bits per heavy atom. The van der Waals surface area contributed by atoms with Gasteiger partial charge in [0, 0.05) is 6.42 Å². The number of alkyl halides is 4. The van der Waals surface area contributed by atoms with Gasteiger partial charge < -0.3 is 5.11 Å². The zero-order chi connectivity index (χ0) is 6.78. The Kier molecular flexibility index (Phi) is 4.83. The van der Waals surface area contributed by atoms with Gasteiger partial charge in [0.1, 0.15) is 7.16 Å². The van der Waals surface area contributed by atoms with Gasteiger partial charge >= 0.3 is 0 Å². The number of halogens is 4. The predicted molar refractivity (Wildman–Crippen MR) is 48.7 cm³/mol. The Balaban J connectivity index is 3.39. The lowest BCUT2D eigenvalue weighted by Gasteiger charge is -2.10. The fraction of sp³-hybridized carbons (Fsp3) is 0.667. The first-order valence-corrected chi connectivity index (χ1v) is 4.96. The first-order valence-electron chi connectivity index (χ1n) is 1.67. The van der Waals surface area contributed by atoms with E-state index in [4.69, 9.17) is 5.11 Å². The zero-order valence-electron chi connectivity index (χ0n) is 3.61. The molecule has 0 aromatic rings. The van der Waals surface area contributed by atoms with Crippen LogP contribution in [0.2, 0.25) is 0 Å². The van der Waals surface area contributed by atoms with E-state index < -0.39 is 7.16 Å². The lowest BCUT2D eigenvalue weighted by Crippen LogP contribution is -2.09. The Bertz CT molecular complexity index is 66.2. The van der Waals surface area contributed by atoms with Crippen LogP contribution in [0.5, 0.6) is 0 Å². The number of rotatable bonds is 1. The summed E-state index contributed by atoms with van der Waals surface area (Å²) in [7, 11) is 0. The topological polar surface area (TPSA) is 20.2 Å². The van der Waals surface area contributed by atoms with Gasteiger partial charge in [0.2, 0.25) is 0 Å². The molecular weight excluding hydrogens is 372 g/mol. The third-order valence-electron chi connectivity index (χ3n) is 0.327. The molecule has 1 nitrogen and oxygen atoms in total. The normalized spacial score (nSPS) is 16.1. The van der Waals surface area contributed by atoms with E-state index in [0.29, 0.717) is 0 Å². The van der Waals surface area contributed by atoms with Crippen LogP contribution < -0.4 is 0 Å². The first kappa shape index (κ1) is 9.88. The molecule has 0 saturated heterocycles. The quantitative estimate of drug-likeness (QED) is 0.700. The molecule has 0 amide bonds. The number of aliphatic hydroxyl groups is 1. The average molecular weight is 375 g/mol. The Hall–Kier alpha value is 1.88. The van der Waals surface area contributed by atoms with Crippen LogP contribution in [0.4, 0.5) is 0 Å². The van der Waals surface area contributed by atoms with Crippen molar-refractivity contribution < 1.29 is 5.11 Å². The van der Waals surface area contributed by atoms with Gasteiger partial charge in [-0.1, -0.05) is 63.7 Å². The second-order valence-electron chi connectivity index (χ2n) is 1.08. The van der Waals surface area contributed by atoms with Gasteiger partial charge in [-0.25, -0.2) is 0 Å². The van der Waals surface area contributed by atoms with Crippen LogP contribution in [0, 0.1) is 6.42 Å². The fourth-order valence-corrected chi connectivity index (χ4v) is 2.37. The second kappa shape index (κ2) is 3.91. The van der Waals surface area contributed by atoms with Crippen molar-refractivity contribution in [2.24, 2.45) is 0 Å². The molecule has 0 aliphatic rings. The standard InChI is InChI=1S/C3H3Br4O/c4-2(8)1-3(5,6)7/h1-2,8H. The highest BCUT2D eigenvalue weighted by Gasteiger charge is 2.20. The molecule has 1 N–H and O–H groups in total. The first-order chi connectivity index (χ1) is 3.42. The predicted octanol–water partition coefficient (Wildman–Crippen LogP) is 2.74. The minimum Gasteiger partial charge on any atom is -0.381 e. The van der Waals surface area contributed by atoms with Crippen LogP contribution in [-0.4, -0.2) is 12.3 Å². The van der Waals surface area contributed by atoms with Crippen LogP contribution in [0.3, 0.4) is 0 Å². The van der Waals surface area contributed by atoms with E-state index in [1.54, 1.807) is 6.42 Å². The van der Waals surface area contributed by atoms with Gasteiger partial charge in [0.05, 0.1) is 0 Å². The number of hydrogen-bond acceptors (Lipinski definition) is 1. The summed E-state index contributed by atoms with van der Waals surface area (Å²) in [5, 5.41) is 8.05. The Morgan fingerprint density at radius 3 is 1.75 bits per heavy atom. The minimum atomic E-state index is -0.611. The van der Waals surface area contributed by atoms with Crippen molar-refractivity contribution in [3.05, 3.63) is 6.42 Å². The third-order valence-corrected chi connectivity index (χ3v) is 1.38. The van der Waals surface area contributed by atoms with Gasteiger partial charge in [0.15, 0.2) is 0 Å². The summed E-state index contributed by atoms with van der Waals surface area (Å²) in [5.74, 6) is 0. The van der Waals surface area contributed by atoms with E-state index in [1.807, 2.05) is 0 Å². The highest BCUT2D eigenvalue weighted by molar-refractivity contribution is 9.39. The fourth-order valence-electron chi connectivity index (χ4n) is 0.156. The van der Waals surface area contributed by atoms with E-state index in [0.717, 1.165) is 0 Å². The van der Waals surface area contributed by atoms with Crippen molar-refractivity contribution in [2.75, 3.05) is 0 Å². The average Bonchev–Trinajstić information content (AvgIpc) is 1.21. The van der Waals surface area contributed by atoms with Crippen molar-refractivity contribution >= 4 is 63.7 Å². The largest absolute Gasteiger partial charge is 0.381 e. The summed E-state index contributed by atoms with van der Waals surface area (Å²) in [6, 6.07) is 0. The summed E-state index contributed by atoms with van der Waals surface area (Å²) in [4.78, 5) is 0. The molecule has 1 atom stereocenters. The molecule has 49 valence electrons. The molecule has 0 aliphatic heterocycles. The van der Waals surface area contributed by atoms with Gasteiger partial charge in [-0.3, -0.25) is 0 Å². The number of hydrogen-bond donors (Lipinski definition) is 1. The molecular formula is C3H3Br4O. The molecule has 0 spiro atoms. The summed E-state index contributed by atoms with van der Waals surface area (Å²) in [6.07, 6.45) is 1.58. The van der Waals surface area contributed by atoms with E-state index >= 15 is 0 Å². The third kappa shape index (κ3) is 7.88. The molecule has 1 unspecified atom stereocenters. The maximum Gasteiger partial charge on any atom is 0.141 e. The highest BCUT2D eigenvalue weighted by atomic mass is 80.0.